The summed E-state index contributed by atoms with van der Waals surface area (Å²) in [5, 5.41) is 33.5. The minimum atomic E-state index is -3.89. The fourth-order valence-electron chi connectivity index (χ4n) is 3.93. The molecule has 0 aliphatic carbocycles. The summed E-state index contributed by atoms with van der Waals surface area (Å²) in [5.41, 5.74) is 0.885. The molecule has 0 aromatic heterocycles. The van der Waals surface area contributed by atoms with Crippen LogP contribution in [0.4, 0.5) is 5.69 Å². The lowest BCUT2D eigenvalue weighted by atomic mass is 9.97. The van der Waals surface area contributed by atoms with Crippen molar-refractivity contribution in [2.45, 2.75) is 42.5 Å². The van der Waals surface area contributed by atoms with Crippen molar-refractivity contribution in [1.82, 2.24) is 10.0 Å². The van der Waals surface area contributed by atoms with Crippen molar-refractivity contribution in [1.29, 1.82) is 0 Å². The number of hydrogen-bond donors (Lipinski definition) is 5. The van der Waals surface area contributed by atoms with E-state index in [1.807, 2.05) is 31.1 Å². The molecule has 188 valence electrons. The standard InChI is InChI=1S/C22H31N3O8S/c1-13(27)24-19-21(29)20(28)17(12-26)33-22(19)32-11-10-23-34(30,31)18-9-5-6-14-15(18)7-4-8-16(14)25(2)3/h4-9,17,19-23,26,28-29H,10-12H2,1-3H3,(H,24,27)/t17-,19-,20+,21-,22+/m1/s1. The van der Waals surface area contributed by atoms with Crippen molar-refractivity contribution in [2.75, 3.05) is 38.8 Å². The summed E-state index contributed by atoms with van der Waals surface area (Å²) in [7, 11) is -0.130. The normalized spacial score (nSPS) is 25.3. The first-order valence-corrected chi connectivity index (χ1v) is 12.2. The molecule has 34 heavy (non-hydrogen) atoms. The first-order valence-electron chi connectivity index (χ1n) is 10.8. The molecule has 1 amide bonds. The molecule has 1 aliphatic rings. The highest BCUT2D eigenvalue weighted by Crippen LogP contribution is 2.30. The van der Waals surface area contributed by atoms with E-state index in [1.54, 1.807) is 18.2 Å². The molecular weight excluding hydrogens is 466 g/mol. The number of sulfonamides is 1. The number of rotatable bonds is 9. The van der Waals surface area contributed by atoms with E-state index in [1.165, 1.54) is 13.0 Å². The number of carbonyl (C=O) groups is 1. The lowest BCUT2D eigenvalue weighted by Gasteiger charge is -2.42. The number of anilines is 1. The number of hydrogen-bond acceptors (Lipinski definition) is 9. The summed E-state index contributed by atoms with van der Waals surface area (Å²) in [6, 6.07) is 9.38. The van der Waals surface area contributed by atoms with E-state index >= 15 is 0 Å². The topological polar surface area (TPSA) is 158 Å². The molecule has 0 radical (unpaired) electrons. The zero-order chi connectivity index (χ0) is 25.0. The second-order valence-electron chi connectivity index (χ2n) is 8.22. The van der Waals surface area contributed by atoms with E-state index in [4.69, 9.17) is 9.47 Å². The summed E-state index contributed by atoms with van der Waals surface area (Å²) in [6.45, 7) is 0.373. The Morgan fingerprint density at radius 3 is 2.44 bits per heavy atom. The molecule has 0 unspecified atom stereocenters. The summed E-state index contributed by atoms with van der Waals surface area (Å²) >= 11 is 0. The van der Waals surface area contributed by atoms with E-state index in [0.29, 0.717) is 5.39 Å². The first-order chi connectivity index (χ1) is 16.1. The van der Waals surface area contributed by atoms with Gasteiger partial charge in [-0.1, -0.05) is 24.3 Å². The maximum absolute atomic E-state index is 13.0. The number of benzene rings is 2. The molecule has 11 nitrogen and oxygen atoms in total. The third kappa shape index (κ3) is 5.66. The average Bonchev–Trinajstić information content (AvgIpc) is 2.79. The summed E-state index contributed by atoms with van der Waals surface area (Å²) in [5.74, 6) is -0.482. The minimum absolute atomic E-state index is 0.123. The number of fused-ring (bicyclic) bond motifs is 1. The van der Waals surface area contributed by atoms with E-state index in [9.17, 15) is 28.5 Å². The molecule has 1 heterocycles. The molecule has 5 atom stereocenters. The Bertz CT molecular complexity index is 1110. The molecular formula is C22H31N3O8S. The monoisotopic (exact) mass is 497 g/mol. The molecule has 1 saturated heterocycles. The highest BCUT2D eigenvalue weighted by molar-refractivity contribution is 7.89. The minimum Gasteiger partial charge on any atom is -0.394 e. The van der Waals surface area contributed by atoms with Crippen molar-refractivity contribution in [3.05, 3.63) is 36.4 Å². The average molecular weight is 498 g/mol. The van der Waals surface area contributed by atoms with Crippen LogP contribution in [-0.4, -0.2) is 94.1 Å². The van der Waals surface area contributed by atoms with Crippen LogP contribution < -0.4 is 14.9 Å². The van der Waals surface area contributed by atoms with Crippen LogP contribution in [0.5, 0.6) is 0 Å². The largest absolute Gasteiger partial charge is 0.394 e. The second kappa shape index (κ2) is 11.0. The van der Waals surface area contributed by atoms with Crippen molar-refractivity contribution >= 4 is 32.4 Å². The van der Waals surface area contributed by atoms with Crippen molar-refractivity contribution < 1.29 is 38.0 Å². The van der Waals surface area contributed by atoms with Gasteiger partial charge in [-0.2, -0.15) is 0 Å². The number of nitrogens with one attached hydrogen (secondary N) is 2. The number of ether oxygens (including phenoxy) is 2. The summed E-state index contributed by atoms with van der Waals surface area (Å²) in [6.07, 6.45) is -5.20. The van der Waals surface area contributed by atoms with Gasteiger partial charge in [-0.05, 0) is 12.1 Å². The van der Waals surface area contributed by atoms with Gasteiger partial charge in [-0.15, -0.1) is 0 Å². The Balaban J connectivity index is 1.70. The molecule has 1 fully saturated rings. The third-order valence-corrected chi connectivity index (χ3v) is 7.08. The Morgan fingerprint density at radius 2 is 1.79 bits per heavy atom. The van der Waals surface area contributed by atoms with Gasteiger partial charge in [0.15, 0.2) is 6.29 Å². The van der Waals surface area contributed by atoms with Crippen LogP contribution in [0.25, 0.3) is 10.8 Å². The molecule has 0 saturated carbocycles. The Hall–Kier alpha value is -2.32. The van der Waals surface area contributed by atoms with Crippen LogP contribution in [0.3, 0.4) is 0 Å². The molecule has 0 bridgehead atoms. The summed E-state index contributed by atoms with van der Waals surface area (Å²) < 4.78 is 39.5. The maximum atomic E-state index is 13.0. The molecule has 2 aromatic carbocycles. The van der Waals surface area contributed by atoms with Gasteiger partial charge in [0.1, 0.15) is 24.4 Å². The van der Waals surface area contributed by atoms with Crippen molar-refractivity contribution in [3.63, 3.8) is 0 Å². The smallest absolute Gasteiger partial charge is 0.241 e. The van der Waals surface area contributed by atoms with Crippen LogP contribution in [0.15, 0.2) is 41.3 Å². The molecule has 3 rings (SSSR count). The van der Waals surface area contributed by atoms with Gasteiger partial charge in [0.05, 0.1) is 18.1 Å². The SMILES string of the molecule is CC(=O)N[C@H]1[C@@H](OCCNS(=O)(=O)c2cccc3c(N(C)C)cccc23)O[C@H](CO)[C@H](O)[C@@H]1O. The fourth-order valence-corrected chi connectivity index (χ4v) is 5.16. The predicted molar refractivity (Wildman–Crippen MR) is 125 cm³/mol. The van der Waals surface area contributed by atoms with Gasteiger partial charge < -0.3 is 35.0 Å². The first kappa shape index (κ1) is 26.3. The highest BCUT2D eigenvalue weighted by atomic mass is 32.2. The quantitative estimate of drug-likeness (QED) is 0.278. The lowest BCUT2D eigenvalue weighted by Crippen LogP contribution is -2.64. The van der Waals surface area contributed by atoms with Gasteiger partial charge in [-0.25, -0.2) is 13.1 Å². The zero-order valence-corrected chi connectivity index (χ0v) is 20.0. The molecule has 0 spiro atoms. The Kier molecular flexibility index (Phi) is 8.47. The second-order valence-corrected chi connectivity index (χ2v) is 9.96. The zero-order valence-electron chi connectivity index (χ0n) is 19.2. The number of aliphatic hydroxyl groups excluding tert-OH is 3. The van der Waals surface area contributed by atoms with Crippen LogP contribution in [0.2, 0.25) is 0 Å². The molecule has 2 aromatic rings. The van der Waals surface area contributed by atoms with Crippen molar-refractivity contribution in [2.24, 2.45) is 0 Å². The van der Waals surface area contributed by atoms with E-state index in [0.717, 1.165) is 11.1 Å². The Labute approximate surface area is 198 Å². The fraction of sp³-hybridized carbons (Fsp3) is 0.500. The maximum Gasteiger partial charge on any atom is 0.241 e. The van der Waals surface area contributed by atoms with Crippen LogP contribution >= 0.6 is 0 Å². The Morgan fingerprint density at radius 1 is 1.12 bits per heavy atom. The van der Waals surface area contributed by atoms with E-state index in [-0.39, 0.29) is 18.0 Å². The number of aliphatic hydroxyl groups is 3. The summed E-state index contributed by atoms with van der Waals surface area (Å²) in [4.78, 5) is 13.5. The number of amides is 1. The third-order valence-electron chi connectivity index (χ3n) is 5.56. The molecule has 1 aliphatic heterocycles. The van der Waals surface area contributed by atoms with Crippen LogP contribution in [-0.2, 0) is 24.3 Å². The van der Waals surface area contributed by atoms with E-state index < -0.39 is 53.2 Å². The number of carbonyl (C=O) groups excluding carboxylic acids is 1. The van der Waals surface area contributed by atoms with Crippen LogP contribution in [0.1, 0.15) is 6.92 Å². The van der Waals surface area contributed by atoms with Crippen LogP contribution in [0, 0.1) is 0 Å². The van der Waals surface area contributed by atoms with Crippen molar-refractivity contribution in [3.8, 4) is 0 Å². The molecule has 12 heteroatoms. The lowest BCUT2D eigenvalue weighted by molar-refractivity contribution is -0.269. The van der Waals surface area contributed by atoms with Gasteiger partial charge in [0, 0.05) is 44.0 Å². The van der Waals surface area contributed by atoms with Gasteiger partial charge in [0.2, 0.25) is 15.9 Å². The number of nitrogens with zero attached hydrogens (tertiary/aromatic N) is 1. The van der Waals surface area contributed by atoms with E-state index in [2.05, 4.69) is 10.0 Å². The highest BCUT2D eigenvalue weighted by Gasteiger charge is 2.45. The van der Waals surface area contributed by atoms with Gasteiger partial charge in [-0.3, -0.25) is 4.79 Å². The molecule has 5 N–H and O–H groups in total. The van der Waals surface area contributed by atoms with Gasteiger partial charge in [0.25, 0.3) is 0 Å². The predicted octanol–water partition coefficient (Wildman–Crippen LogP) is -0.856. The van der Waals surface area contributed by atoms with Gasteiger partial charge >= 0.3 is 0 Å².